The van der Waals surface area contributed by atoms with Gasteiger partial charge in [0.2, 0.25) is 0 Å². The molecule has 152 valence electrons. The van der Waals surface area contributed by atoms with E-state index in [1.165, 1.54) is 5.56 Å². The summed E-state index contributed by atoms with van der Waals surface area (Å²) in [5.41, 5.74) is 3.93. The second kappa shape index (κ2) is 9.49. The van der Waals surface area contributed by atoms with Gasteiger partial charge in [0.15, 0.2) is 5.13 Å². The Morgan fingerprint density at radius 1 is 1.14 bits per heavy atom. The van der Waals surface area contributed by atoms with E-state index in [9.17, 15) is 4.79 Å². The molecule has 0 saturated carbocycles. The van der Waals surface area contributed by atoms with Crippen molar-refractivity contribution in [3.63, 3.8) is 0 Å². The summed E-state index contributed by atoms with van der Waals surface area (Å²) in [6.45, 7) is 8.36. The fourth-order valence-corrected chi connectivity index (χ4v) is 4.23. The molecule has 0 fully saturated rings. The summed E-state index contributed by atoms with van der Waals surface area (Å²) in [5.74, 6) is -0.0394. The van der Waals surface area contributed by atoms with Gasteiger partial charge in [-0.25, -0.2) is 4.98 Å². The van der Waals surface area contributed by atoms with Crippen LogP contribution < -0.4 is 4.90 Å². The van der Waals surface area contributed by atoms with Gasteiger partial charge in [-0.15, -0.1) is 12.4 Å². The molecule has 8 heteroatoms. The zero-order chi connectivity index (χ0) is 19.6. The highest BCUT2D eigenvalue weighted by Gasteiger charge is 2.24. The Kier molecular flexibility index (Phi) is 7.57. The number of anilines is 1. The Bertz CT molecular complexity index is 910. The Morgan fingerprint density at radius 3 is 2.50 bits per heavy atom. The lowest BCUT2D eigenvalue weighted by Crippen LogP contribution is -2.34. The zero-order valence-electron chi connectivity index (χ0n) is 17.1. The van der Waals surface area contributed by atoms with Gasteiger partial charge >= 0.3 is 0 Å². The van der Waals surface area contributed by atoms with Crippen molar-refractivity contribution in [1.29, 1.82) is 0 Å². The maximum atomic E-state index is 13.3. The van der Waals surface area contributed by atoms with Gasteiger partial charge in [-0.05, 0) is 65.0 Å². The monoisotopic (exact) mass is 421 g/mol. The number of hydrogen-bond acceptors (Lipinski definition) is 5. The van der Waals surface area contributed by atoms with Gasteiger partial charge in [0, 0.05) is 19.3 Å². The molecule has 1 aromatic carbocycles. The molecule has 0 aliphatic carbocycles. The Hall–Kier alpha value is -1.96. The smallest absolute Gasteiger partial charge is 0.278 e. The Balaban J connectivity index is 0.00000280. The van der Waals surface area contributed by atoms with Crippen LogP contribution in [0.1, 0.15) is 35.0 Å². The number of thiazole rings is 1. The average molecular weight is 422 g/mol. The molecule has 1 amide bonds. The summed E-state index contributed by atoms with van der Waals surface area (Å²) >= 11 is 1.59. The standard InChI is InChI=1S/C20H27N5OS.ClH/c1-6-25-16(10-11-21-25)19(26)24(13-7-12-23(4)5)20-22-17-14(2)8-9-15(3)18(17)27-20;/h8-11H,6-7,12-13H2,1-5H3;1H. The van der Waals surface area contributed by atoms with Crippen LogP contribution in [0.4, 0.5) is 5.13 Å². The molecular weight excluding hydrogens is 394 g/mol. The van der Waals surface area contributed by atoms with Crippen molar-refractivity contribution in [2.75, 3.05) is 32.1 Å². The van der Waals surface area contributed by atoms with Crippen LogP contribution in [0.25, 0.3) is 10.2 Å². The number of amides is 1. The Labute approximate surface area is 176 Å². The van der Waals surface area contributed by atoms with Crippen molar-refractivity contribution >= 4 is 45.0 Å². The van der Waals surface area contributed by atoms with E-state index in [2.05, 4.69) is 36.0 Å². The molecule has 0 saturated heterocycles. The number of carbonyl (C=O) groups excluding carboxylic acids is 1. The van der Waals surface area contributed by atoms with Crippen molar-refractivity contribution in [3.8, 4) is 0 Å². The summed E-state index contributed by atoms with van der Waals surface area (Å²) in [6, 6.07) is 5.99. The maximum absolute atomic E-state index is 13.3. The minimum Gasteiger partial charge on any atom is -0.309 e. The first-order valence-electron chi connectivity index (χ1n) is 9.27. The third kappa shape index (κ3) is 4.54. The van der Waals surface area contributed by atoms with Crippen LogP contribution in [0.3, 0.4) is 0 Å². The van der Waals surface area contributed by atoms with Crippen LogP contribution in [0.5, 0.6) is 0 Å². The minimum atomic E-state index is -0.0394. The predicted molar refractivity (Wildman–Crippen MR) is 119 cm³/mol. The summed E-state index contributed by atoms with van der Waals surface area (Å²) < 4.78 is 2.89. The van der Waals surface area contributed by atoms with Crippen LogP contribution in [-0.4, -0.2) is 52.8 Å². The number of hydrogen-bond donors (Lipinski definition) is 0. The van der Waals surface area contributed by atoms with E-state index in [1.54, 1.807) is 28.3 Å². The molecule has 0 aliphatic rings. The zero-order valence-corrected chi connectivity index (χ0v) is 18.7. The quantitative estimate of drug-likeness (QED) is 0.575. The molecule has 0 bridgehead atoms. The first-order valence-corrected chi connectivity index (χ1v) is 10.1. The molecule has 2 aromatic heterocycles. The lowest BCUT2D eigenvalue weighted by atomic mass is 10.1. The van der Waals surface area contributed by atoms with Crippen LogP contribution in [0, 0.1) is 13.8 Å². The van der Waals surface area contributed by atoms with E-state index >= 15 is 0 Å². The van der Waals surface area contributed by atoms with Crippen molar-refractivity contribution in [3.05, 3.63) is 41.2 Å². The molecule has 0 N–H and O–H groups in total. The lowest BCUT2D eigenvalue weighted by Gasteiger charge is -2.21. The van der Waals surface area contributed by atoms with Gasteiger partial charge in [0.05, 0.1) is 10.2 Å². The summed E-state index contributed by atoms with van der Waals surface area (Å²) in [4.78, 5) is 22.1. The number of aryl methyl sites for hydroxylation is 3. The number of carbonyl (C=O) groups is 1. The van der Waals surface area contributed by atoms with Crippen LogP contribution >= 0.6 is 23.7 Å². The number of benzene rings is 1. The first kappa shape index (κ1) is 22.3. The average Bonchev–Trinajstić information content (AvgIpc) is 3.28. The van der Waals surface area contributed by atoms with Crippen molar-refractivity contribution in [1.82, 2.24) is 19.7 Å². The van der Waals surface area contributed by atoms with E-state index in [4.69, 9.17) is 4.98 Å². The summed E-state index contributed by atoms with van der Waals surface area (Å²) in [7, 11) is 4.09. The fraction of sp³-hybridized carbons (Fsp3) is 0.450. The van der Waals surface area contributed by atoms with Crippen LogP contribution in [-0.2, 0) is 6.54 Å². The molecule has 0 radical (unpaired) electrons. The lowest BCUT2D eigenvalue weighted by molar-refractivity contribution is 0.0975. The molecule has 0 spiro atoms. The van der Waals surface area contributed by atoms with E-state index in [0.717, 1.165) is 33.9 Å². The third-order valence-electron chi connectivity index (χ3n) is 4.63. The van der Waals surface area contributed by atoms with Crippen LogP contribution in [0.15, 0.2) is 24.4 Å². The Morgan fingerprint density at radius 2 is 1.86 bits per heavy atom. The first-order chi connectivity index (χ1) is 12.9. The highest BCUT2D eigenvalue weighted by atomic mass is 35.5. The summed E-state index contributed by atoms with van der Waals surface area (Å²) in [6.07, 6.45) is 2.56. The molecule has 0 unspecified atom stereocenters. The number of rotatable bonds is 7. The fourth-order valence-electron chi connectivity index (χ4n) is 3.10. The van der Waals surface area contributed by atoms with Crippen LogP contribution in [0.2, 0.25) is 0 Å². The minimum absolute atomic E-state index is 0. The highest BCUT2D eigenvalue weighted by molar-refractivity contribution is 7.22. The van der Waals surface area contributed by atoms with Gasteiger partial charge in [-0.1, -0.05) is 23.5 Å². The van der Waals surface area contributed by atoms with Gasteiger partial charge in [-0.2, -0.15) is 5.10 Å². The molecule has 6 nitrogen and oxygen atoms in total. The molecule has 3 rings (SSSR count). The second-order valence-electron chi connectivity index (χ2n) is 7.02. The van der Waals surface area contributed by atoms with E-state index in [1.807, 2.05) is 25.9 Å². The number of aromatic nitrogens is 3. The number of fused-ring (bicyclic) bond motifs is 1. The molecule has 0 atom stereocenters. The van der Waals surface area contributed by atoms with Gasteiger partial charge in [0.1, 0.15) is 5.69 Å². The van der Waals surface area contributed by atoms with Gasteiger partial charge in [-0.3, -0.25) is 14.4 Å². The number of halogens is 1. The largest absolute Gasteiger partial charge is 0.309 e. The van der Waals surface area contributed by atoms with E-state index in [-0.39, 0.29) is 18.3 Å². The van der Waals surface area contributed by atoms with E-state index in [0.29, 0.717) is 18.8 Å². The molecule has 28 heavy (non-hydrogen) atoms. The predicted octanol–water partition coefficient (Wildman–Crippen LogP) is 4.15. The SMILES string of the molecule is CCn1nccc1C(=O)N(CCCN(C)C)c1nc2c(C)ccc(C)c2s1.Cl. The molecular formula is C20H28ClN5OS. The topological polar surface area (TPSA) is 54.3 Å². The van der Waals surface area contributed by atoms with Crippen molar-refractivity contribution in [2.24, 2.45) is 0 Å². The molecule has 0 aliphatic heterocycles. The van der Waals surface area contributed by atoms with Crippen molar-refractivity contribution < 1.29 is 4.79 Å². The molecule has 2 heterocycles. The summed E-state index contributed by atoms with van der Waals surface area (Å²) in [5, 5.41) is 5.01. The van der Waals surface area contributed by atoms with E-state index < -0.39 is 0 Å². The normalized spacial score (nSPS) is 11.1. The molecule has 3 aromatic rings. The van der Waals surface area contributed by atoms with Gasteiger partial charge in [0.25, 0.3) is 5.91 Å². The highest BCUT2D eigenvalue weighted by Crippen LogP contribution is 2.33. The maximum Gasteiger partial charge on any atom is 0.278 e. The second-order valence-corrected chi connectivity index (χ2v) is 8.00. The van der Waals surface area contributed by atoms with Crippen molar-refractivity contribution in [2.45, 2.75) is 33.7 Å². The third-order valence-corrected chi connectivity index (χ3v) is 5.84. The number of nitrogens with zero attached hydrogens (tertiary/aromatic N) is 5. The van der Waals surface area contributed by atoms with Gasteiger partial charge < -0.3 is 4.90 Å².